The van der Waals surface area contributed by atoms with Crippen molar-refractivity contribution in [2.75, 3.05) is 59.5 Å². The molecule has 0 unspecified atom stereocenters. The van der Waals surface area contributed by atoms with Crippen LogP contribution in [0.3, 0.4) is 0 Å². The number of likely N-dealkylation sites (N-methyl/N-ethyl adjacent to an activating group) is 1. The highest BCUT2D eigenvalue weighted by Gasteiger charge is 2.27. The zero-order chi connectivity index (χ0) is 22.7. The number of hydrogen-bond acceptors (Lipinski definition) is 6. The van der Waals surface area contributed by atoms with Crippen LogP contribution in [0.25, 0.3) is 11.0 Å². The van der Waals surface area contributed by atoms with Gasteiger partial charge in [0.2, 0.25) is 5.91 Å². The minimum atomic E-state index is 0.172. The first kappa shape index (κ1) is 23.0. The van der Waals surface area contributed by atoms with Crippen LogP contribution in [0.1, 0.15) is 45.1 Å². The summed E-state index contributed by atoms with van der Waals surface area (Å²) in [6, 6.07) is 0. The average molecular weight is 443 g/mol. The van der Waals surface area contributed by atoms with E-state index in [0.29, 0.717) is 24.1 Å². The largest absolute Gasteiger partial charge is 0.493 e. The van der Waals surface area contributed by atoms with Crippen LogP contribution >= 0.6 is 0 Å². The molecule has 0 bridgehead atoms. The van der Waals surface area contributed by atoms with E-state index in [1.165, 1.54) is 32.7 Å². The molecule has 2 aliphatic rings. The van der Waals surface area contributed by atoms with Gasteiger partial charge in [0, 0.05) is 57.6 Å². The quantitative estimate of drug-likeness (QED) is 0.656. The van der Waals surface area contributed by atoms with E-state index in [2.05, 4.69) is 40.8 Å². The van der Waals surface area contributed by atoms with Crippen molar-refractivity contribution in [3.05, 3.63) is 18.0 Å². The summed E-state index contributed by atoms with van der Waals surface area (Å²) >= 11 is 0. The van der Waals surface area contributed by atoms with Gasteiger partial charge in [-0.15, -0.1) is 5.10 Å². The number of ether oxygens (including phenoxy) is 1. The first-order valence-electron chi connectivity index (χ1n) is 12.1. The third-order valence-electron chi connectivity index (χ3n) is 7.19. The Morgan fingerprint density at radius 3 is 2.44 bits per heavy atom. The van der Waals surface area contributed by atoms with Gasteiger partial charge in [-0.05, 0) is 31.2 Å². The molecule has 0 atom stereocenters. The summed E-state index contributed by atoms with van der Waals surface area (Å²) in [5.41, 5.74) is 2.79. The summed E-state index contributed by atoms with van der Waals surface area (Å²) in [6.45, 7) is 15.6. The molecule has 1 amide bonds. The number of hydrogen-bond donors (Lipinski definition) is 0. The molecule has 2 aromatic rings. The smallest absolute Gasteiger partial charge is 0.242 e. The normalized spacial score (nSPS) is 19.2. The highest BCUT2D eigenvalue weighted by molar-refractivity contribution is 5.87. The first-order valence-corrected chi connectivity index (χ1v) is 12.1. The van der Waals surface area contributed by atoms with Gasteiger partial charge in [-0.2, -0.15) is 5.10 Å². The van der Waals surface area contributed by atoms with Crippen LogP contribution in [0.5, 0.6) is 5.75 Å². The molecular formula is C24H38N6O2. The van der Waals surface area contributed by atoms with E-state index in [-0.39, 0.29) is 5.91 Å². The van der Waals surface area contributed by atoms with E-state index in [4.69, 9.17) is 4.74 Å². The number of carbonyl (C=O) groups excluding carboxylic acids is 1. The third kappa shape index (κ3) is 4.91. The molecule has 0 radical (unpaired) electrons. The lowest BCUT2D eigenvalue weighted by Crippen LogP contribution is -2.49. The van der Waals surface area contributed by atoms with Gasteiger partial charge in [-0.1, -0.05) is 20.8 Å². The average Bonchev–Trinajstić information content (AvgIpc) is 3.19. The number of methoxy groups -OCH3 is 1. The molecule has 8 heteroatoms. The molecule has 0 saturated carbocycles. The molecule has 4 heterocycles. The molecule has 8 nitrogen and oxygen atoms in total. The van der Waals surface area contributed by atoms with Crippen LogP contribution in [-0.4, -0.2) is 94.8 Å². The lowest BCUT2D eigenvalue weighted by molar-refractivity contribution is -0.133. The van der Waals surface area contributed by atoms with Gasteiger partial charge >= 0.3 is 0 Å². The summed E-state index contributed by atoms with van der Waals surface area (Å²) < 4.78 is 7.53. The van der Waals surface area contributed by atoms with Crippen molar-refractivity contribution in [1.29, 1.82) is 0 Å². The van der Waals surface area contributed by atoms with Crippen molar-refractivity contribution in [2.24, 2.45) is 5.92 Å². The van der Waals surface area contributed by atoms with Crippen LogP contribution in [0.15, 0.2) is 12.4 Å². The zero-order valence-corrected chi connectivity index (χ0v) is 20.1. The summed E-state index contributed by atoms with van der Waals surface area (Å²) in [5.74, 6) is 1.83. The van der Waals surface area contributed by atoms with Gasteiger partial charge < -0.3 is 24.0 Å². The van der Waals surface area contributed by atoms with E-state index in [0.717, 1.165) is 49.1 Å². The highest BCUT2D eigenvalue weighted by atomic mass is 16.5. The Morgan fingerprint density at radius 2 is 1.81 bits per heavy atom. The molecule has 0 aromatic carbocycles. The van der Waals surface area contributed by atoms with Crippen LogP contribution in [-0.2, 0) is 11.3 Å². The fourth-order valence-corrected chi connectivity index (χ4v) is 5.09. The Balaban J connectivity index is 1.36. The number of fused-ring (bicyclic) bond motifs is 1. The summed E-state index contributed by atoms with van der Waals surface area (Å²) in [5, 5.41) is 8.43. The minimum absolute atomic E-state index is 0.172. The number of likely N-dealkylation sites (tertiary alicyclic amines) is 1. The molecule has 0 aliphatic carbocycles. The van der Waals surface area contributed by atoms with Gasteiger partial charge in [0.15, 0.2) is 5.75 Å². The molecule has 2 aromatic heterocycles. The van der Waals surface area contributed by atoms with Crippen LogP contribution in [0, 0.1) is 5.92 Å². The SMILES string of the molecule is CCN1CCN(CC2CCN(C(=O)Cn3cc(C(C)C)c4nncc(OC)c43)CC2)CC1. The molecule has 2 saturated heterocycles. The van der Waals surface area contributed by atoms with Gasteiger partial charge in [0.1, 0.15) is 17.6 Å². The van der Waals surface area contributed by atoms with Crippen molar-refractivity contribution in [3.63, 3.8) is 0 Å². The van der Waals surface area contributed by atoms with Crippen LogP contribution in [0.4, 0.5) is 0 Å². The maximum Gasteiger partial charge on any atom is 0.242 e. The predicted octanol–water partition coefficient (Wildman–Crippen LogP) is 2.44. The van der Waals surface area contributed by atoms with Crippen LogP contribution < -0.4 is 4.74 Å². The standard InChI is InChI=1S/C24H38N6O2/c1-5-27-10-12-28(13-11-27)15-19-6-8-29(9-7-19)22(31)17-30-16-20(18(2)3)23-24(30)21(32-4)14-25-26-23/h14,16,18-19H,5-13,15,17H2,1-4H3. The van der Waals surface area contributed by atoms with E-state index < -0.39 is 0 Å². The summed E-state index contributed by atoms with van der Waals surface area (Å²) in [7, 11) is 1.64. The minimum Gasteiger partial charge on any atom is -0.493 e. The van der Waals surface area contributed by atoms with Crippen LogP contribution in [0.2, 0.25) is 0 Å². The van der Waals surface area contributed by atoms with E-state index in [1.54, 1.807) is 13.3 Å². The lowest BCUT2D eigenvalue weighted by Gasteiger charge is -2.38. The molecule has 176 valence electrons. The van der Waals surface area contributed by atoms with Gasteiger partial charge in [-0.3, -0.25) is 4.79 Å². The first-order chi connectivity index (χ1) is 15.5. The maximum absolute atomic E-state index is 13.2. The van der Waals surface area contributed by atoms with Crippen molar-refractivity contribution < 1.29 is 9.53 Å². The fraction of sp³-hybridized carbons (Fsp3) is 0.708. The van der Waals surface area contributed by atoms with E-state index >= 15 is 0 Å². The topological polar surface area (TPSA) is 66.7 Å². The molecular weight excluding hydrogens is 404 g/mol. The number of piperazine rings is 1. The second-order valence-corrected chi connectivity index (χ2v) is 9.54. The molecule has 2 aliphatic heterocycles. The monoisotopic (exact) mass is 442 g/mol. The highest BCUT2D eigenvalue weighted by Crippen LogP contribution is 2.31. The summed E-state index contributed by atoms with van der Waals surface area (Å²) in [4.78, 5) is 20.3. The van der Waals surface area contributed by atoms with Gasteiger partial charge in [0.05, 0.1) is 13.3 Å². The Bertz CT molecular complexity index is 911. The van der Waals surface area contributed by atoms with Crippen molar-refractivity contribution in [1.82, 2.24) is 29.5 Å². The zero-order valence-electron chi connectivity index (χ0n) is 20.1. The number of carbonyl (C=O) groups is 1. The number of nitrogens with zero attached hydrogens (tertiary/aromatic N) is 6. The van der Waals surface area contributed by atoms with Gasteiger partial charge in [0.25, 0.3) is 0 Å². The second-order valence-electron chi connectivity index (χ2n) is 9.54. The number of piperidine rings is 1. The number of rotatable bonds is 7. The van der Waals surface area contributed by atoms with Gasteiger partial charge in [-0.25, -0.2) is 0 Å². The molecule has 32 heavy (non-hydrogen) atoms. The van der Waals surface area contributed by atoms with E-state index in [1.807, 2.05) is 15.7 Å². The number of amides is 1. The summed E-state index contributed by atoms with van der Waals surface area (Å²) in [6.07, 6.45) is 5.86. The van der Waals surface area contributed by atoms with Crippen molar-refractivity contribution in [2.45, 2.75) is 46.1 Å². The fourth-order valence-electron chi connectivity index (χ4n) is 5.09. The molecule has 0 spiro atoms. The predicted molar refractivity (Wildman–Crippen MR) is 126 cm³/mol. The molecule has 0 N–H and O–H groups in total. The molecule has 4 rings (SSSR count). The van der Waals surface area contributed by atoms with Crippen molar-refractivity contribution in [3.8, 4) is 5.75 Å². The Hall–Kier alpha value is -2.19. The number of aromatic nitrogens is 3. The lowest BCUT2D eigenvalue weighted by atomic mass is 9.96. The van der Waals surface area contributed by atoms with Crippen molar-refractivity contribution >= 4 is 16.9 Å². The Morgan fingerprint density at radius 1 is 1.12 bits per heavy atom. The van der Waals surface area contributed by atoms with E-state index in [9.17, 15) is 4.79 Å². The Kier molecular flexibility index (Phi) is 7.30. The Labute approximate surface area is 191 Å². The maximum atomic E-state index is 13.2. The second kappa shape index (κ2) is 10.2. The third-order valence-corrected chi connectivity index (χ3v) is 7.19. The molecule has 2 fully saturated rings.